The molecule has 0 fully saturated rings. The number of rotatable bonds is 5. The van der Waals surface area contributed by atoms with Gasteiger partial charge >= 0.3 is 0 Å². The minimum atomic E-state index is 0.253. The summed E-state index contributed by atoms with van der Waals surface area (Å²) in [4.78, 5) is 1.34. The van der Waals surface area contributed by atoms with Crippen LogP contribution >= 0.6 is 11.3 Å². The molecule has 2 nitrogen and oxygen atoms in total. The van der Waals surface area contributed by atoms with Gasteiger partial charge in [-0.3, -0.25) is 0 Å². The molecule has 0 saturated carbocycles. The minimum absolute atomic E-state index is 0.253. The first kappa shape index (κ1) is 9.71. The van der Waals surface area contributed by atoms with Gasteiger partial charge in [0.15, 0.2) is 0 Å². The Hall–Kier alpha value is -0.380. The average Bonchev–Trinajstić information content (AvgIpc) is 2.56. The van der Waals surface area contributed by atoms with Crippen LogP contribution in [0.25, 0.3) is 0 Å². The summed E-state index contributed by atoms with van der Waals surface area (Å²) < 4.78 is 0. The third-order valence-electron chi connectivity index (χ3n) is 1.94. The van der Waals surface area contributed by atoms with Crippen molar-refractivity contribution in [2.75, 3.05) is 13.2 Å². The van der Waals surface area contributed by atoms with Gasteiger partial charge in [0.05, 0.1) is 0 Å². The van der Waals surface area contributed by atoms with Crippen molar-refractivity contribution in [3.05, 3.63) is 22.4 Å². The van der Waals surface area contributed by atoms with Crippen molar-refractivity contribution in [3.8, 4) is 0 Å². The second-order valence-electron chi connectivity index (χ2n) is 2.80. The summed E-state index contributed by atoms with van der Waals surface area (Å²) in [5, 5.41) is 10.9. The van der Waals surface area contributed by atoms with E-state index in [1.54, 1.807) is 11.3 Å². The standard InChI is InChI=1S/C9H15NOS/c10-5-3-8(4-6-11)9-2-1-7-12-9/h1-2,7-8,11H,3-6,10H2/t8-/m0/s1. The molecule has 0 aliphatic rings. The van der Waals surface area contributed by atoms with Crippen molar-refractivity contribution < 1.29 is 5.11 Å². The smallest absolute Gasteiger partial charge is 0.0437 e. The highest BCUT2D eigenvalue weighted by Crippen LogP contribution is 2.26. The molecule has 1 heterocycles. The Bertz CT molecular complexity index is 192. The van der Waals surface area contributed by atoms with E-state index in [2.05, 4.69) is 11.4 Å². The Labute approximate surface area is 77.0 Å². The largest absolute Gasteiger partial charge is 0.396 e. The predicted octanol–water partition coefficient (Wildman–Crippen LogP) is 1.56. The van der Waals surface area contributed by atoms with Gasteiger partial charge < -0.3 is 10.8 Å². The molecule has 3 heteroatoms. The van der Waals surface area contributed by atoms with Gasteiger partial charge in [-0.15, -0.1) is 11.3 Å². The van der Waals surface area contributed by atoms with E-state index < -0.39 is 0 Å². The molecule has 12 heavy (non-hydrogen) atoms. The fourth-order valence-electron chi connectivity index (χ4n) is 1.31. The maximum Gasteiger partial charge on any atom is 0.0437 e. The number of aliphatic hydroxyl groups excluding tert-OH is 1. The first-order valence-corrected chi connectivity index (χ1v) is 5.10. The summed E-state index contributed by atoms with van der Waals surface area (Å²) in [5.74, 6) is 0.458. The maximum absolute atomic E-state index is 8.83. The lowest BCUT2D eigenvalue weighted by molar-refractivity contribution is 0.274. The first-order chi connectivity index (χ1) is 5.88. The molecule has 0 spiro atoms. The Morgan fingerprint density at radius 1 is 1.50 bits per heavy atom. The molecule has 0 aliphatic carbocycles. The zero-order valence-electron chi connectivity index (χ0n) is 7.07. The number of aliphatic hydroxyl groups is 1. The highest BCUT2D eigenvalue weighted by atomic mass is 32.1. The number of hydrogen-bond acceptors (Lipinski definition) is 3. The molecule has 0 unspecified atom stereocenters. The van der Waals surface area contributed by atoms with Crippen molar-refractivity contribution in [3.63, 3.8) is 0 Å². The predicted molar refractivity (Wildman–Crippen MR) is 52.4 cm³/mol. The zero-order chi connectivity index (χ0) is 8.81. The van der Waals surface area contributed by atoms with Crippen molar-refractivity contribution in [1.29, 1.82) is 0 Å². The van der Waals surface area contributed by atoms with Gasteiger partial charge in [0.1, 0.15) is 0 Å². The minimum Gasteiger partial charge on any atom is -0.396 e. The van der Waals surface area contributed by atoms with Crippen LogP contribution < -0.4 is 5.73 Å². The highest BCUT2D eigenvalue weighted by Gasteiger charge is 2.10. The Morgan fingerprint density at radius 3 is 2.83 bits per heavy atom. The number of nitrogens with two attached hydrogens (primary N) is 1. The van der Waals surface area contributed by atoms with Gasteiger partial charge in [-0.05, 0) is 36.8 Å². The fraction of sp³-hybridized carbons (Fsp3) is 0.556. The van der Waals surface area contributed by atoms with E-state index in [0.29, 0.717) is 12.5 Å². The molecule has 0 saturated heterocycles. The second-order valence-corrected chi connectivity index (χ2v) is 3.78. The molecule has 3 N–H and O–H groups in total. The second kappa shape index (κ2) is 5.30. The van der Waals surface area contributed by atoms with Crippen molar-refractivity contribution in [2.24, 2.45) is 5.73 Å². The summed E-state index contributed by atoms with van der Waals surface area (Å²) in [6.45, 7) is 0.950. The van der Waals surface area contributed by atoms with Gasteiger partial charge in [0, 0.05) is 11.5 Å². The number of hydrogen-bond donors (Lipinski definition) is 2. The molecular weight excluding hydrogens is 170 g/mol. The van der Waals surface area contributed by atoms with Crippen LogP contribution in [0.1, 0.15) is 23.6 Å². The van der Waals surface area contributed by atoms with E-state index in [-0.39, 0.29) is 6.61 Å². The topological polar surface area (TPSA) is 46.2 Å². The lowest BCUT2D eigenvalue weighted by Gasteiger charge is -2.11. The quantitative estimate of drug-likeness (QED) is 0.731. The monoisotopic (exact) mass is 185 g/mol. The van der Waals surface area contributed by atoms with E-state index in [4.69, 9.17) is 10.8 Å². The van der Waals surface area contributed by atoms with Gasteiger partial charge in [0.25, 0.3) is 0 Å². The average molecular weight is 185 g/mol. The molecule has 1 aromatic rings. The van der Waals surface area contributed by atoms with Crippen LogP contribution in [-0.4, -0.2) is 18.3 Å². The zero-order valence-corrected chi connectivity index (χ0v) is 7.89. The third-order valence-corrected chi connectivity index (χ3v) is 2.97. The van der Waals surface area contributed by atoms with E-state index in [1.165, 1.54) is 4.88 Å². The van der Waals surface area contributed by atoms with E-state index in [0.717, 1.165) is 12.8 Å². The fourth-order valence-corrected chi connectivity index (χ4v) is 2.21. The van der Waals surface area contributed by atoms with Crippen LogP contribution in [-0.2, 0) is 0 Å². The van der Waals surface area contributed by atoms with Crippen molar-refractivity contribution >= 4 is 11.3 Å². The first-order valence-electron chi connectivity index (χ1n) is 4.22. The lowest BCUT2D eigenvalue weighted by Crippen LogP contribution is -2.07. The summed E-state index contributed by atoms with van der Waals surface area (Å²) in [5.41, 5.74) is 5.49. The van der Waals surface area contributed by atoms with Crippen LogP contribution in [0.15, 0.2) is 17.5 Å². The molecule has 0 aliphatic heterocycles. The van der Waals surface area contributed by atoms with Crippen LogP contribution in [0.5, 0.6) is 0 Å². The van der Waals surface area contributed by atoms with Crippen molar-refractivity contribution in [1.82, 2.24) is 0 Å². The van der Waals surface area contributed by atoms with E-state index in [9.17, 15) is 0 Å². The van der Waals surface area contributed by atoms with Crippen LogP contribution in [0.4, 0.5) is 0 Å². The van der Waals surface area contributed by atoms with Gasteiger partial charge in [-0.2, -0.15) is 0 Å². The molecule has 0 aromatic carbocycles. The lowest BCUT2D eigenvalue weighted by atomic mass is 10.0. The summed E-state index contributed by atoms with van der Waals surface area (Å²) in [6.07, 6.45) is 1.80. The van der Waals surface area contributed by atoms with Gasteiger partial charge in [0.2, 0.25) is 0 Å². The third kappa shape index (κ3) is 2.59. The van der Waals surface area contributed by atoms with Gasteiger partial charge in [-0.25, -0.2) is 0 Å². The molecule has 0 radical (unpaired) electrons. The SMILES string of the molecule is NCC[C@@H](CCO)c1cccs1. The molecular formula is C9H15NOS. The summed E-state index contributed by atoms with van der Waals surface area (Å²) >= 11 is 1.74. The molecule has 0 amide bonds. The maximum atomic E-state index is 8.83. The Kier molecular flexibility index (Phi) is 4.29. The van der Waals surface area contributed by atoms with E-state index in [1.807, 2.05) is 6.07 Å². The molecule has 1 atom stereocenters. The molecule has 1 aromatic heterocycles. The molecule has 68 valence electrons. The summed E-state index contributed by atoms with van der Waals surface area (Å²) in [6, 6.07) is 4.15. The molecule has 1 rings (SSSR count). The summed E-state index contributed by atoms with van der Waals surface area (Å²) in [7, 11) is 0. The Morgan fingerprint density at radius 2 is 2.33 bits per heavy atom. The van der Waals surface area contributed by atoms with E-state index >= 15 is 0 Å². The van der Waals surface area contributed by atoms with Gasteiger partial charge in [-0.1, -0.05) is 6.07 Å². The molecule has 0 bridgehead atoms. The van der Waals surface area contributed by atoms with Crippen LogP contribution in [0, 0.1) is 0 Å². The highest BCUT2D eigenvalue weighted by molar-refractivity contribution is 7.10. The number of thiophene rings is 1. The normalized spacial score (nSPS) is 13.2. The Balaban J connectivity index is 2.53. The van der Waals surface area contributed by atoms with Crippen molar-refractivity contribution in [2.45, 2.75) is 18.8 Å². The van der Waals surface area contributed by atoms with Crippen LogP contribution in [0.2, 0.25) is 0 Å². The van der Waals surface area contributed by atoms with Crippen LogP contribution in [0.3, 0.4) is 0 Å².